The first-order valence-electron chi connectivity index (χ1n) is 8.58. The molecule has 8 heteroatoms. The van der Waals surface area contributed by atoms with Gasteiger partial charge in [0.2, 0.25) is 0 Å². The maximum atomic E-state index is 12.5. The van der Waals surface area contributed by atoms with Crippen LogP contribution in [0.3, 0.4) is 0 Å². The lowest BCUT2D eigenvalue weighted by molar-refractivity contribution is 0.0383. The summed E-state index contributed by atoms with van der Waals surface area (Å²) in [5.41, 5.74) is 1.12. The van der Waals surface area contributed by atoms with Gasteiger partial charge in [-0.05, 0) is 6.07 Å². The number of nitrogens with one attached hydrogen (secondary N) is 2. The fraction of sp³-hybridized carbons (Fsp3) is 0.500. The highest BCUT2D eigenvalue weighted by atomic mass is 16.5. The quantitative estimate of drug-likeness (QED) is 0.770. The molecule has 0 saturated carbocycles. The van der Waals surface area contributed by atoms with Crippen molar-refractivity contribution in [3.05, 3.63) is 17.8 Å². The second kappa shape index (κ2) is 8.29. The van der Waals surface area contributed by atoms with Gasteiger partial charge in [-0.15, -0.1) is 0 Å². The summed E-state index contributed by atoms with van der Waals surface area (Å²) in [6.07, 6.45) is 0. The van der Waals surface area contributed by atoms with Crippen molar-refractivity contribution in [3.8, 4) is 17.2 Å². The normalized spacial score (nSPS) is 15.0. The molecule has 0 aliphatic carbocycles. The van der Waals surface area contributed by atoms with Crippen molar-refractivity contribution in [1.82, 2.24) is 15.2 Å². The highest BCUT2D eigenvalue weighted by Crippen LogP contribution is 2.41. The van der Waals surface area contributed by atoms with Crippen LogP contribution in [0.5, 0.6) is 17.2 Å². The Kier molecular flexibility index (Phi) is 5.85. The van der Waals surface area contributed by atoms with E-state index in [1.165, 1.54) is 0 Å². The maximum Gasteiger partial charge on any atom is 0.267 e. The van der Waals surface area contributed by atoms with E-state index in [1.54, 1.807) is 33.5 Å². The molecule has 0 spiro atoms. The van der Waals surface area contributed by atoms with E-state index in [9.17, 15) is 4.79 Å². The first-order chi connectivity index (χ1) is 12.7. The van der Waals surface area contributed by atoms with Gasteiger partial charge in [-0.1, -0.05) is 0 Å². The second-order valence-corrected chi connectivity index (χ2v) is 6.00. The minimum atomic E-state index is -0.169. The van der Waals surface area contributed by atoms with Crippen molar-refractivity contribution in [3.63, 3.8) is 0 Å². The second-order valence-electron chi connectivity index (χ2n) is 6.00. The van der Waals surface area contributed by atoms with Crippen LogP contribution in [0, 0.1) is 0 Å². The number of carbonyl (C=O) groups is 1. The Labute approximate surface area is 152 Å². The SMILES string of the molecule is COc1cc(OC)c2cc(C(=O)NCCN3CCOCC3)[nH]c2c1OC. The molecule has 1 aromatic carbocycles. The molecule has 1 aliphatic heterocycles. The number of H-pyrrole nitrogens is 1. The molecule has 0 bridgehead atoms. The summed E-state index contributed by atoms with van der Waals surface area (Å²) in [6, 6.07) is 3.51. The van der Waals surface area contributed by atoms with Crippen molar-refractivity contribution in [1.29, 1.82) is 0 Å². The van der Waals surface area contributed by atoms with Gasteiger partial charge in [0.05, 0.1) is 40.1 Å². The van der Waals surface area contributed by atoms with E-state index in [4.69, 9.17) is 18.9 Å². The Balaban J connectivity index is 1.75. The zero-order valence-corrected chi connectivity index (χ0v) is 15.4. The van der Waals surface area contributed by atoms with Crippen LogP contribution < -0.4 is 19.5 Å². The van der Waals surface area contributed by atoms with Crippen molar-refractivity contribution in [2.24, 2.45) is 0 Å². The van der Waals surface area contributed by atoms with Gasteiger partial charge in [-0.3, -0.25) is 9.69 Å². The number of aromatic amines is 1. The number of fused-ring (bicyclic) bond motifs is 1. The van der Waals surface area contributed by atoms with Gasteiger partial charge in [0.1, 0.15) is 11.4 Å². The fourth-order valence-corrected chi connectivity index (χ4v) is 3.11. The van der Waals surface area contributed by atoms with Crippen LogP contribution in [-0.2, 0) is 4.74 Å². The Morgan fingerprint density at radius 3 is 2.54 bits per heavy atom. The van der Waals surface area contributed by atoms with E-state index in [-0.39, 0.29) is 5.91 Å². The average Bonchev–Trinajstić information content (AvgIpc) is 3.12. The highest BCUT2D eigenvalue weighted by Gasteiger charge is 2.19. The van der Waals surface area contributed by atoms with Crippen LogP contribution >= 0.6 is 0 Å². The Bertz CT molecular complexity index is 768. The van der Waals surface area contributed by atoms with Gasteiger partial charge < -0.3 is 29.2 Å². The molecule has 1 aliphatic rings. The lowest BCUT2D eigenvalue weighted by Gasteiger charge is -2.26. The van der Waals surface area contributed by atoms with E-state index in [0.29, 0.717) is 35.0 Å². The molecule has 2 N–H and O–H groups in total. The Morgan fingerprint density at radius 1 is 1.15 bits per heavy atom. The predicted molar refractivity (Wildman–Crippen MR) is 97.5 cm³/mol. The minimum absolute atomic E-state index is 0.169. The smallest absolute Gasteiger partial charge is 0.267 e. The molecule has 1 aromatic heterocycles. The third-order valence-electron chi connectivity index (χ3n) is 4.50. The van der Waals surface area contributed by atoms with Gasteiger partial charge in [-0.2, -0.15) is 0 Å². The summed E-state index contributed by atoms with van der Waals surface area (Å²) in [5, 5.41) is 3.71. The van der Waals surface area contributed by atoms with Crippen LogP contribution in [0.2, 0.25) is 0 Å². The lowest BCUT2D eigenvalue weighted by Crippen LogP contribution is -2.41. The molecule has 0 unspecified atom stereocenters. The fourth-order valence-electron chi connectivity index (χ4n) is 3.11. The molecule has 142 valence electrons. The number of rotatable bonds is 7. The average molecular weight is 363 g/mol. The third-order valence-corrected chi connectivity index (χ3v) is 4.50. The van der Waals surface area contributed by atoms with Gasteiger partial charge in [-0.25, -0.2) is 0 Å². The van der Waals surface area contributed by atoms with Gasteiger partial charge in [0.25, 0.3) is 5.91 Å². The van der Waals surface area contributed by atoms with Crippen LogP contribution in [0.25, 0.3) is 10.9 Å². The molecular formula is C18H25N3O5. The Hall–Kier alpha value is -2.45. The van der Waals surface area contributed by atoms with E-state index >= 15 is 0 Å². The summed E-state index contributed by atoms with van der Waals surface area (Å²) in [5.74, 6) is 1.52. The van der Waals surface area contributed by atoms with Gasteiger partial charge >= 0.3 is 0 Å². The molecule has 0 radical (unpaired) electrons. The van der Waals surface area contributed by atoms with Crippen LogP contribution in [0.1, 0.15) is 10.5 Å². The molecule has 2 aromatic rings. The number of amides is 1. The molecule has 1 amide bonds. The van der Waals surface area contributed by atoms with Crippen molar-refractivity contribution >= 4 is 16.8 Å². The molecule has 2 heterocycles. The molecule has 0 atom stereocenters. The van der Waals surface area contributed by atoms with Crippen LogP contribution in [0.15, 0.2) is 12.1 Å². The van der Waals surface area contributed by atoms with Gasteiger partial charge in [0.15, 0.2) is 11.5 Å². The molecule has 1 fully saturated rings. The summed E-state index contributed by atoms with van der Waals surface area (Å²) in [7, 11) is 4.70. The summed E-state index contributed by atoms with van der Waals surface area (Å²) in [4.78, 5) is 17.9. The van der Waals surface area contributed by atoms with E-state index in [1.807, 2.05) is 0 Å². The Morgan fingerprint density at radius 2 is 1.88 bits per heavy atom. The zero-order valence-electron chi connectivity index (χ0n) is 15.4. The third kappa shape index (κ3) is 3.71. The van der Waals surface area contributed by atoms with Crippen molar-refractivity contribution in [2.45, 2.75) is 0 Å². The van der Waals surface area contributed by atoms with Crippen molar-refractivity contribution in [2.75, 3.05) is 60.7 Å². The number of carbonyl (C=O) groups excluding carboxylic acids is 1. The lowest BCUT2D eigenvalue weighted by atomic mass is 10.2. The van der Waals surface area contributed by atoms with Crippen LogP contribution in [0.4, 0.5) is 0 Å². The molecule has 1 saturated heterocycles. The maximum absolute atomic E-state index is 12.5. The van der Waals surface area contributed by atoms with Crippen LogP contribution in [-0.4, -0.2) is 76.5 Å². The van der Waals surface area contributed by atoms with E-state index in [0.717, 1.165) is 38.2 Å². The number of aromatic nitrogens is 1. The monoisotopic (exact) mass is 363 g/mol. The van der Waals surface area contributed by atoms with Gasteiger partial charge in [0, 0.05) is 37.6 Å². The predicted octanol–water partition coefficient (Wildman–Crippen LogP) is 1.26. The minimum Gasteiger partial charge on any atom is -0.496 e. The largest absolute Gasteiger partial charge is 0.496 e. The topological polar surface area (TPSA) is 85.0 Å². The number of morpholine rings is 1. The molecule has 8 nitrogen and oxygen atoms in total. The molecular weight excluding hydrogens is 338 g/mol. The molecule has 26 heavy (non-hydrogen) atoms. The molecule has 3 rings (SSSR count). The standard InChI is InChI=1S/C18H25N3O5/c1-23-14-11-15(24-2)17(25-3)16-12(14)10-13(20-16)18(22)19-4-5-21-6-8-26-9-7-21/h10-11,20H,4-9H2,1-3H3,(H,19,22). The number of hydrogen-bond donors (Lipinski definition) is 2. The first-order valence-corrected chi connectivity index (χ1v) is 8.58. The number of methoxy groups -OCH3 is 3. The van der Waals surface area contributed by atoms with E-state index < -0.39 is 0 Å². The zero-order chi connectivity index (χ0) is 18.5. The number of hydrogen-bond acceptors (Lipinski definition) is 6. The van der Waals surface area contributed by atoms with E-state index in [2.05, 4.69) is 15.2 Å². The number of nitrogens with zero attached hydrogens (tertiary/aromatic N) is 1. The summed E-state index contributed by atoms with van der Waals surface area (Å²) >= 11 is 0. The first kappa shape index (κ1) is 18.3. The number of benzene rings is 1. The number of ether oxygens (including phenoxy) is 4. The van der Waals surface area contributed by atoms with Crippen molar-refractivity contribution < 1.29 is 23.7 Å². The summed E-state index contributed by atoms with van der Waals surface area (Å²) < 4.78 is 21.5. The highest BCUT2D eigenvalue weighted by molar-refractivity contribution is 6.02. The summed E-state index contributed by atoms with van der Waals surface area (Å²) in [6.45, 7) is 4.67.